The predicted octanol–water partition coefficient (Wildman–Crippen LogP) is 4.67. The van der Waals surface area contributed by atoms with Gasteiger partial charge in [0, 0.05) is 11.1 Å². The van der Waals surface area contributed by atoms with Crippen molar-refractivity contribution < 1.29 is 18.7 Å². The third-order valence-corrected chi connectivity index (χ3v) is 4.62. The predicted molar refractivity (Wildman–Crippen MR) is 91.4 cm³/mol. The Morgan fingerprint density at radius 2 is 1.76 bits per heavy atom. The lowest BCUT2D eigenvalue weighted by Crippen LogP contribution is -2.27. The van der Waals surface area contributed by atoms with Gasteiger partial charge in [0.1, 0.15) is 5.75 Å². The Morgan fingerprint density at radius 1 is 1.00 bits per heavy atom. The lowest BCUT2D eigenvalue weighted by Gasteiger charge is -2.33. The summed E-state index contributed by atoms with van der Waals surface area (Å²) in [6, 6.07) is 11.5. The van der Waals surface area contributed by atoms with Crippen LogP contribution in [-0.4, -0.2) is 10.9 Å². The maximum absolute atomic E-state index is 15.1. The molecular formula is C21H14F2O2. The van der Waals surface area contributed by atoms with Crippen LogP contribution in [0.25, 0.3) is 5.57 Å². The van der Waals surface area contributed by atoms with Gasteiger partial charge in [-0.1, -0.05) is 30.3 Å². The van der Waals surface area contributed by atoms with E-state index in [0.29, 0.717) is 16.7 Å². The Labute approximate surface area is 143 Å². The molecule has 2 aromatic rings. The second-order valence-electron chi connectivity index (χ2n) is 6.20. The molecule has 0 saturated carbocycles. The fourth-order valence-corrected chi connectivity index (χ4v) is 3.44. The minimum atomic E-state index is -3.35. The van der Waals surface area contributed by atoms with E-state index in [1.165, 1.54) is 24.3 Å². The van der Waals surface area contributed by atoms with E-state index in [2.05, 4.69) is 0 Å². The molecule has 0 fully saturated rings. The van der Waals surface area contributed by atoms with Crippen molar-refractivity contribution in [1.82, 2.24) is 0 Å². The highest BCUT2D eigenvalue weighted by atomic mass is 19.3. The molecule has 0 bridgehead atoms. The maximum atomic E-state index is 15.1. The Balaban J connectivity index is 2.14. The molecule has 0 aliphatic heterocycles. The SMILES string of the molecule is Cc1ccccc1C1=C2C=CC(=O)C=C2C(F)(F)c2cc(O)ccc21. The van der Waals surface area contributed by atoms with Crippen LogP contribution in [0.3, 0.4) is 0 Å². The van der Waals surface area contributed by atoms with Crippen LogP contribution in [0.15, 0.2) is 71.8 Å². The van der Waals surface area contributed by atoms with E-state index in [1.54, 1.807) is 0 Å². The van der Waals surface area contributed by atoms with Crippen molar-refractivity contribution in [3.63, 3.8) is 0 Å². The molecule has 0 radical (unpaired) electrons. The molecule has 2 nitrogen and oxygen atoms in total. The fourth-order valence-electron chi connectivity index (χ4n) is 3.44. The summed E-state index contributed by atoms with van der Waals surface area (Å²) in [7, 11) is 0. The largest absolute Gasteiger partial charge is 0.508 e. The fraction of sp³-hybridized carbons (Fsp3) is 0.0952. The summed E-state index contributed by atoms with van der Waals surface area (Å²) in [6.45, 7) is 1.91. The van der Waals surface area contributed by atoms with Gasteiger partial charge in [0.05, 0.1) is 0 Å². The Hall–Kier alpha value is -3.01. The van der Waals surface area contributed by atoms with Crippen LogP contribution in [0.5, 0.6) is 5.75 Å². The molecule has 4 heteroatoms. The van der Waals surface area contributed by atoms with Crippen molar-refractivity contribution >= 4 is 11.4 Å². The number of alkyl halides is 2. The minimum absolute atomic E-state index is 0.232. The normalized spacial score (nSPS) is 17.9. The molecule has 0 heterocycles. The average molecular weight is 336 g/mol. The second kappa shape index (κ2) is 5.24. The molecule has 1 N–H and O–H groups in total. The number of benzene rings is 2. The highest BCUT2D eigenvalue weighted by Gasteiger charge is 2.46. The van der Waals surface area contributed by atoms with Crippen LogP contribution in [0.1, 0.15) is 22.3 Å². The summed E-state index contributed by atoms with van der Waals surface area (Å²) in [5, 5.41) is 9.73. The van der Waals surface area contributed by atoms with E-state index in [1.807, 2.05) is 31.2 Å². The first-order chi connectivity index (χ1) is 11.9. The first-order valence-electron chi connectivity index (χ1n) is 7.86. The van der Waals surface area contributed by atoms with E-state index >= 15 is 8.78 Å². The van der Waals surface area contributed by atoms with Crippen molar-refractivity contribution in [3.8, 4) is 5.75 Å². The summed E-state index contributed by atoms with van der Waals surface area (Å²) >= 11 is 0. The molecular weight excluding hydrogens is 322 g/mol. The summed E-state index contributed by atoms with van der Waals surface area (Å²) in [6.07, 6.45) is 3.75. The van der Waals surface area contributed by atoms with Crippen molar-refractivity contribution in [3.05, 3.63) is 94.1 Å². The number of hydrogen-bond donors (Lipinski definition) is 1. The number of phenols is 1. The molecule has 0 atom stereocenters. The zero-order chi connectivity index (χ0) is 17.8. The molecule has 0 unspecified atom stereocenters. The molecule has 25 heavy (non-hydrogen) atoms. The van der Waals surface area contributed by atoms with Crippen molar-refractivity contribution in [1.29, 1.82) is 0 Å². The van der Waals surface area contributed by atoms with Crippen molar-refractivity contribution in [2.24, 2.45) is 0 Å². The molecule has 0 aromatic heterocycles. The van der Waals surface area contributed by atoms with Crippen LogP contribution in [-0.2, 0) is 10.7 Å². The zero-order valence-electron chi connectivity index (χ0n) is 13.4. The highest BCUT2D eigenvalue weighted by molar-refractivity contribution is 6.06. The van der Waals surface area contributed by atoms with Crippen LogP contribution in [0.4, 0.5) is 8.78 Å². The third-order valence-electron chi connectivity index (χ3n) is 4.62. The molecule has 0 spiro atoms. The second-order valence-corrected chi connectivity index (χ2v) is 6.20. The Bertz CT molecular complexity index is 1010. The van der Waals surface area contributed by atoms with Gasteiger partial charge in [0.2, 0.25) is 0 Å². The Morgan fingerprint density at radius 3 is 2.52 bits per heavy atom. The van der Waals surface area contributed by atoms with E-state index < -0.39 is 11.7 Å². The van der Waals surface area contributed by atoms with Crippen LogP contribution >= 0.6 is 0 Å². The lowest BCUT2D eigenvalue weighted by atomic mass is 9.74. The quantitative estimate of drug-likeness (QED) is 0.821. The molecule has 4 rings (SSSR count). The topological polar surface area (TPSA) is 37.3 Å². The van der Waals surface area contributed by atoms with Gasteiger partial charge in [0.25, 0.3) is 5.92 Å². The summed E-state index contributed by atoms with van der Waals surface area (Å²) in [5.41, 5.74) is 2.51. The number of fused-ring (bicyclic) bond motifs is 2. The van der Waals surface area contributed by atoms with Gasteiger partial charge in [-0.25, -0.2) is 0 Å². The maximum Gasteiger partial charge on any atom is 0.299 e. The number of allylic oxidation sites excluding steroid dienone is 5. The summed E-state index contributed by atoms with van der Waals surface area (Å²) in [5.74, 6) is -4.05. The number of carbonyl (C=O) groups excluding carboxylic acids is 1. The van der Waals surface area contributed by atoms with Gasteiger partial charge < -0.3 is 5.11 Å². The number of aryl methyl sites for hydroxylation is 1. The first-order valence-corrected chi connectivity index (χ1v) is 7.86. The first kappa shape index (κ1) is 15.5. The van der Waals surface area contributed by atoms with E-state index in [-0.39, 0.29) is 16.9 Å². The van der Waals surface area contributed by atoms with E-state index in [4.69, 9.17) is 0 Å². The minimum Gasteiger partial charge on any atom is -0.508 e. The van der Waals surface area contributed by atoms with Gasteiger partial charge in [-0.15, -0.1) is 0 Å². The van der Waals surface area contributed by atoms with Crippen LogP contribution in [0.2, 0.25) is 0 Å². The number of aromatic hydroxyl groups is 1. The smallest absolute Gasteiger partial charge is 0.299 e. The molecule has 2 aliphatic rings. The van der Waals surface area contributed by atoms with Crippen LogP contribution < -0.4 is 0 Å². The summed E-state index contributed by atoms with van der Waals surface area (Å²) < 4.78 is 30.2. The number of rotatable bonds is 1. The average Bonchev–Trinajstić information content (AvgIpc) is 2.58. The van der Waals surface area contributed by atoms with Gasteiger partial charge >= 0.3 is 0 Å². The van der Waals surface area contributed by atoms with E-state index in [9.17, 15) is 9.90 Å². The number of ketones is 1. The molecule has 124 valence electrons. The molecule has 2 aliphatic carbocycles. The van der Waals surface area contributed by atoms with Gasteiger partial charge in [-0.05, 0) is 65.1 Å². The summed E-state index contributed by atoms with van der Waals surface area (Å²) in [4.78, 5) is 11.7. The van der Waals surface area contributed by atoms with Crippen molar-refractivity contribution in [2.45, 2.75) is 12.8 Å². The number of hydrogen-bond acceptors (Lipinski definition) is 2. The molecule has 2 aromatic carbocycles. The molecule has 0 amide bonds. The standard InChI is InChI=1S/C21H14F2O2/c1-12-4-2-3-5-15(12)20-16-8-6-13(24)10-18(16)21(22,23)19-11-14(25)7-9-17(19)20/h2-11,24H,1H3. The van der Waals surface area contributed by atoms with Crippen molar-refractivity contribution in [2.75, 3.05) is 0 Å². The lowest BCUT2D eigenvalue weighted by molar-refractivity contribution is -0.110. The molecule has 0 saturated heterocycles. The zero-order valence-corrected chi connectivity index (χ0v) is 13.4. The number of carbonyl (C=O) groups is 1. The number of phenolic OH excluding ortho intramolecular Hbond substituents is 1. The Kier molecular flexibility index (Phi) is 3.25. The monoisotopic (exact) mass is 336 g/mol. The van der Waals surface area contributed by atoms with Gasteiger partial charge in [0.15, 0.2) is 5.78 Å². The third kappa shape index (κ3) is 2.25. The highest BCUT2D eigenvalue weighted by Crippen LogP contribution is 2.52. The van der Waals surface area contributed by atoms with Gasteiger partial charge in [-0.2, -0.15) is 8.78 Å². The van der Waals surface area contributed by atoms with E-state index in [0.717, 1.165) is 23.3 Å². The number of halogens is 2. The van der Waals surface area contributed by atoms with Gasteiger partial charge in [-0.3, -0.25) is 4.79 Å². The van der Waals surface area contributed by atoms with Crippen LogP contribution in [0, 0.1) is 6.92 Å².